The highest BCUT2D eigenvalue weighted by Gasteiger charge is 2.40. The fourth-order valence-electron chi connectivity index (χ4n) is 3.77. The first-order valence-corrected chi connectivity index (χ1v) is 11.7. The van der Waals surface area contributed by atoms with Crippen LogP contribution in [-0.2, 0) is 9.59 Å². The van der Waals surface area contributed by atoms with Crippen molar-refractivity contribution in [3.05, 3.63) is 92.6 Å². The van der Waals surface area contributed by atoms with Gasteiger partial charge in [-0.25, -0.2) is 9.69 Å². The summed E-state index contributed by atoms with van der Waals surface area (Å²) in [4.78, 5) is 39.5. The number of imide groups is 1. The van der Waals surface area contributed by atoms with Crippen LogP contribution >= 0.6 is 23.2 Å². The summed E-state index contributed by atoms with van der Waals surface area (Å²) in [6.45, 7) is 5.78. The molecule has 1 N–H and O–H groups in total. The number of hydrogen-bond donors (Lipinski definition) is 1. The number of nitrogens with one attached hydrogen (secondary N) is 1. The minimum Gasteiger partial charge on any atom is -0.495 e. The summed E-state index contributed by atoms with van der Waals surface area (Å²) in [6.07, 6.45) is 0. The van der Waals surface area contributed by atoms with Gasteiger partial charge < -0.3 is 14.8 Å². The molecule has 0 radical (unpaired) electrons. The van der Waals surface area contributed by atoms with E-state index in [2.05, 4.69) is 5.32 Å². The van der Waals surface area contributed by atoms with E-state index in [0.29, 0.717) is 22.0 Å². The Morgan fingerprint density at radius 3 is 2.25 bits per heavy atom. The number of esters is 1. The number of nitrogens with zero attached hydrogens (tertiary/aromatic N) is 1. The van der Waals surface area contributed by atoms with E-state index in [0.717, 1.165) is 21.6 Å². The number of methoxy groups -OCH3 is 1. The lowest BCUT2D eigenvalue weighted by molar-refractivity contribution is -0.120. The van der Waals surface area contributed by atoms with Gasteiger partial charge in [-0.15, -0.1) is 0 Å². The molecule has 4 rings (SSSR count). The van der Waals surface area contributed by atoms with E-state index in [1.807, 2.05) is 32.9 Å². The summed E-state index contributed by atoms with van der Waals surface area (Å²) in [5.74, 6) is -1.11. The van der Waals surface area contributed by atoms with Crippen molar-refractivity contribution in [2.75, 3.05) is 17.3 Å². The average molecular weight is 525 g/mol. The molecule has 0 aliphatic carbocycles. The van der Waals surface area contributed by atoms with Gasteiger partial charge in [0.2, 0.25) is 0 Å². The third-order valence-electron chi connectivity index (χ3n) is 5.77. The Labute approximate surface area is 218 Å². The Kier molecular flexibility index (Phi) is 7.06. The number of ether oxygens (including phenoxy) is 2. The molecule has 1 aliphatic rings. The maximum absolute atomic E-state index is 13.1. The van der Waals surface area contributed by atoms with Gasteiger partial charge in [-0.3, -0.25) is 9.59 Å². The highest BCUT2D eigenvalue weighted by atomic mass is 35.5. The van der Waals surface area contributed by atoms with E-state index in [4.69, 9.17) is 32.7 Å². The predicted molar refractivity (Wildman–Crippen MR) is 139 cm³/mol. The maximum atomic E-state index is 13.1. The lowest BCUT2D eigenvalue weighted by Gasteiger charge is -2.18. The molecule has 2 amide bonds. The van der Waals surface area contributed by atoms with Gasteiger partial charge in [0.1, 0.15) is 22.2 Å². The molecule has 0 aromatic heterocycles. The highest BCUT2D eigenvalue weighted by Crippen LogP contribution is 2.37. The first kappa shape index (κ1) is 25.3. The second-order valence-electron chi connectivity index (χ2n) is 8.25. The SMILES string of the molecule is COc1ccc(Cl)cc1N1C(=O)C(Cl)=C(Nc2ccc(C(=O)Oc3cc(C)cc(C)c3C)cc2)C1=O. The number of aryl methyl sites for hydroxylation is 2. The molecule has 7 nitrogen and oxygen atoms in total. The van der Waals surface area contributed by atoms with E-state index < -0.39 is 17.8 Å². The first-order chi connectivity index (χ1) is 17.1. The molecule has 0 spiro atoms. The summed E-state index contributed by atoms with van der Waals surface area (Å²) in [7, 11) is 1.42. The number of anilines is 2. The van der Waals surface area contributed by atoms with E-state index in [-0.39, 0.29) is 22.2 Å². The van der Waals surface area contributed by atoms with Crippen molar-refractivity contribution in [1.82, 2.24) is 0 Å². The van der Waals surface area contributed by atoms with E-state index in [1.165, 1.54) is 13.2 Å². The molecule has 0 saturated heterocycles. The van der Waals surface area contributed by atoms with Gasteiger partial charge in [0.05, 0.1) is 18.4 Å². The molecule has 3 aromatic carbocycles. The smallest absolute Gasteiger partial charge is 0.343 e. The largest absolute Gasteiger partial charge is 0.495 e. The molecule has 184 valence electrons. The van der Waals surface area contributed by atoms with Crippen LogP contribution in [0.1, 0.15) is 27.0 Å². The Morgan fingerprint density at radius 1 is 0.889 bits per heavy atom. The molecule has 9 heteroatoms. The molecule has 0 unspecified atom stereocenters. The molecular weight excluding hydrogens is 503 g/mol. The standard InChI is InChI=1S/C27H22Cl2N2O5/c1-14-11-15(2)16(3)22(12-14)36-27(34)17-5-8-19(9-6-17)30-24-23(29)25(32)31(26(24)33)20-13-18(28)7-10-21(20)35-4/h5-13,30H,1-4H3. The molecular formula is C27H22Cl2N2O5. The number of rotatable bonds is 6. The third-order valence-corrected chi connectivity index (χ3v) is 6.35. The second kappa shape index (κ2) is 10.0. The third kappa shape index (κ3) is 4.80. The summed E-state index contributed by atoms with van der Waals surface area (Å²) in [5.41, 5.74) is 3.74. The molecule has 36 heavy (non-hydrogen) atoms. The van der Waals surface area contributed by atoms with Crippen LogP contribution in [0.15, 0.2) is 65.3 Å². The highest BCUT2D eigenvalue weighted by molar-refractivity contribution is 6.53. The van der Waals surface area contributed by atoms with E-state index in [9.17, 15) is 14.4 Å². The Morgan fingerprint density at radius 2 is 1.58 bits per heavy atom. The maximum Gasteiger partial charge on any atom is 0.343 e. The Bertz CT molecular complexity index is 1430. The van der Waals surface area contributed by atoms with Crippen LogP contribution in [0.25, 0.3) is 0 Å². The van der Waals surface area contributed by atoms with Crippen molar-refractivity contribution in [2.24, 2.45) is 0 Å². The summed E-state index contributed by atoms with van der Waals surface area (Å²) in [5, 5.41) is 2.91. The Balaban J connectivity index is 1.52. The summed E-state index contributed by atoms with van der Waals surface area (Å²) < 4.78 is 10.9. The van der Waals surface area contributed by atoms with Gasteiger partial charge in [0, 0.05) is 10.7 Å². The van der Waals surface area contributed by atoms with Gasteiger partial charge in [0.25, 0.3) is 11.8 Å². The van der Waals surface area contributed by atoms with Crippen molar-refractivity contribution < 1.29 is 23.9 Å². The van der Waals surface area contributed by atoms with Gasteiger partial charge in [0.15, 0.2) is 0 Å². The zero-order valence-corrected chi connectivity index (χ0v) is 21.5. The van der Waals surface area contributed by atoms with Crippen molar-refractivity contribution in [3.8, 4) is 11.5 Å². The molecule has 3 aromatic rings. The lowest BCUT2D eigenvalue weighted by Crippen LogP contribution is -2.32. The van der Waals surface area contributed by atoms with Crippen LogP contribution in [-0.4, -0.2) is 24.9 Å². The summed E-state index contributed by atoms with van der Waals surface area (Å²) in [6, 6.07) is 14.7. The van der Waals surface area contributed by atoms with Crippen LogP contribution in [0.5, 0.6) is 11.5 Å². The number of amides is 2. The first-order valence-electron chi connectivity index (χ1n) is 10.9. The normalized spacial score (nSPS) is 13.3. The fraction of sp³-hybridized carbons (Fsp3) is 0.148. The molecule has 0 atom stereocenters. The van der Waals surface area contributed by atoms with Gasteiger partial charge in [-0.2, -0.15) is 0 Å². The van der Waals surface area contributed by atoms with E-state index >= 15 is 0 Å². The van der Waals surface area contributed by atoms with Gasteiger partial charge >= 0.3 is 5.97 Å². The number of halogens is 2. The minimum absolute atomic E-state index is 0.107. The molecule has 0 fully saturated rings. The lowest BCUT2D eigenvalue weighted by atomic mass is 10.1. The van der Waals surface area contributed by atoms with Crippen LogP contribution < -0.4 is 19.7 Å². The summed E-state index contributed by atoms with van der Waals surface area (Å²) >= 11 is 12.3. The van der Waals surface area contributed by atoms with E-state index in [1.54, 1.807) is 36.4 Å². The van der Waals surface area contributed by atoms with Crippen molar-refractivity contribution in [2.45, 2.75) is 20.8 Å². The molecule has 1 heterocycles. The van der Waals surface area contributed by atoms with Gasteiger partial charge in [-0.05, 0) is 86.0 Å². The van der Waals surface area contributed by atoms with Crippen molar-refractivity contribution in [3.63, 3.8) is 0 Å². The number of hydrogen-bond acceptors (Lipinski definition) is 6. The zero-order valence-electron chi connectivity index (χ0n) is 19.9. The van der Waals surface area contributed by atoms with Crippen molar-refractivity contribution >= 4 is 52.4 Å². The monoisotopic (exact) mass is 524 g/mol. The fourth-order valence-corrected chi connectivity index (χ4v) is 4.15. The van der Waals surface area contributed by atoms with Crippen LogP contribution in [0.3, 0.4) is 0 Å². The second-order valence-corrected chi connectivity index (χ2v) is 9.06. The quantitative estimate of drug-likeness (QED) is 0.244. The number of benzene rings is 3. The van der Waals surface area contributed by atoms with Crippen LogP contribution in [0.2, 0.25) is 5.02 Å². The molecule has 0 saturated carbocycles. The predicted octanol–water partition coefficient (Wildman–Crippen LogP) is 5.93. The zero-order chi connectivity index (χ0) is 26.1. The molecule has 1 aliphatic heterocycles. The number of carbonyl (C=O) groups is 3. The average Bonchev–Trinajstić information content (AvgIpc) is 3.05. The van der Waals surface area contributed by atoms with Crippen LogP contribution in [0, 0.1) is 20.8 Å². The molecule has 0 bridgehead atoms. The van der Waals surface area contributed by atoms with Crippen LogP contribution in [0.4, 0.5) is 11.4 Å². The van der Waals surface area contributed by atoms with Crippen molar-refractivity contribution in [1.29, 1.82) is 0 Å². The minimum atomic E-state index is -0.714. The topological polar surface area (TPSA) is 84.9 Å². The number of carbonyl (C=O) groups excluding carboxylic acids is 3. The Hall–Kier alpha value is -3.81. The van der Waals surface area contributed by atoms with Gasteiger partial charge in [-0.1, -0.05) is 29.3 Å².